The van der Waals surface area contributed by atoms with Gasteiger partial charge in [-0.15, -0.1) is 10.2 Å². The van der Waals surface area contributed by atoms with E-state index in [1.165, 1.54) is 10.7 Å². The lowest BCUT2D eigenvalue weighted by Crippen LogP contribution is -2.32. The number of hydrogen-bond donors (Lipinski definition) is 1. The molecule has 1 fully saturated rings. The molecule has 1 aromatic rings. The van der Waals surface area contributed by atoms with Crippen LogP contribution in [0.3, 0.4) is 0 Å². The number of aromatic nitrogens is 2. The van der Waals surface area contributed by atoms with Crippen molar-refractivity contribution < 1.29 is 8.42 Å². The Morgan fingerprint density at radius 3 is 2.79 bits per heavy atom. The van der Waals surface area contributed by atoms with Crippen molar-refractivity contribution in [2.24, 2.45) is 5.92 Å². The predicted octanol–water partition coefficient (Wildman–Crippen LogP) is 1.71. The topological polar surface area (TPSA) is 89.2 Å². The van der Waals surface area contributed by atoms with Crippen LogP contribution in [0.25, 0.3) is 0 Å². The van der Waals surface area contributed by atoms with E-state index in [4.69, 9.17) is 5.73 Å². The Morgan fingerprint density at radius 2 is 2.16 bits per heavy atom. The summed E-state index contributed by atoms with van der Waals surface area (Å²) >= 11 is 0.932. The summed E-state index contributed by atoms with van der Waals surface area (Å²) in [6.07, 6.45) is 5.29. The Hall–Kier alpha value is -0.730. The summed E-state index contributed by atoms with van der Waals surface area (Å²) in [5.74, 6) is 0.643. The van der Waals surface area contributed by atoms with Crippen molar-refractivity contribution >= 4 is 26.5 Å². The van der Waals surface area contributed by atoms with E-state index in [-0.39, 0.29) is 9.47 Å². The van der Waals surface area contributed by atoms with E-state index >= 15 is 0 Å². The number of anilines is 1. The molecule has 8 heteroatoms. The van der Waals surface area contributed by atoms with E-state index in [2.05, 4.69) is 17.1 Å². The molecule has 1 aromatic heterocycles. The van der Waals surface area contributed by atoms with Crippen LogP contribution in [-0.2, 0) is 10.0 Å². The highest BCUT2D eigenvalue weighted by atomic mass is 32.2. The van der Waals surface area contributed by atoms with Gasteiger partial charge in [0.1, 0.15) is 0 Å². The molecular formula is C11H20N4O2S2. The average molecular weight is 304 g/mol. The summed E-state index contributed by atoms with van der Waals surface area (Å²) in [6.45, 7) is 3.32. The third kappa shape index (κ3) is 3.43. The van der Waals surface area contributed by atoms with Crippen molar-refractivity contribution in [2.45, 2.75) is 43.4 Å². The molecule has 0 bridgehead atoms. The van der Waals surface area contributed by atoms with Crippen LogP contribution in [0, 0.1) is 5.92 Å². The molecule has 0 radical (unpaired) electrons. The van der Waals surface area contributed by atoms with Gasteiger partial charge in [-0.1, -0.05) is 31.1 Å². The molecule has 0 amide bonds. The molecule has 2 rings (SSSR count). The van der Waals surface area contributed by atoms with E-state index in [0.29, 0.717) is 19.0 Å². The van der Waals surface area contributed by atoms with Crippen molar-refractivity contribution in [3.05, 3.63) is 0 Å². The lowest BCUT2D eigenvalue weighted by atomic mass is 9.96. The van der Waals surface area contributed by atoms with Gasteiger partial charge in [-0.2, -0.15) is 4.31 Å². The van der Waals surface area contributed by atoms with Crippen LogP contribution in [-0.4, -0.2) is 36.0 Å². The van der Waals surface area contributed by atoms with Crippen LogP contribution >= 0.6 is 11.3 Å². The summed E-state index contributed by atoms with van der Waals surface area (Å²) in [6, 6.07) is 0. The number of rotatable bonds is 4. The number of nitrogens with two attached hydrogens (primary N) is 1. The molecule has 2 N–H and O–H groups in total. The monoisotopic (exact) mass is 304 g/mol. The molecule has 0 saturated carbocycles. The van der Waals surface area contributed by atoms with Gasteiger partial charge >= 0.3 is 0 Å². The summed E-state index contributed by atoms with van der Waals surface area (Å²) in [4.78, 5) is 0. The van der Waals surface area contributed by atoms with Gasteiger partial charge in [-0.05, 0) is 25.2 Å². The highest BCUT2D eigenvalue weighted by molar-refractivity contribution is 7.91. The molecule has 0 aromatic carbocycles. The van der Waals surface area contributed by atoms with Gasteiger partial charge in [-0.3, -0.25) is 0 Å². The van der Waals surface area contributed by atoms with Crippen LogP contribution in [0.2, 0.25) is 0 Å². The van der Waals surface area contributed by atoms with E-state index in [1.807, 2.05) is 0 Å². The first kappa shape index (κ1) is 14.7. The fourth-order valence-corrected chi connectivity index (χ4v) is 4.93. The minimum Gasteiger partial charge on any atom is -0.374 e. The molecule has 1 unspecified atom stereocenters. The maximum Gasteiger partial charge on any atom is 0.272 e. The minimum atomic E-state index is -3.50. The van der Waals surface area contributed by atoms with Gasteiger partial charge in [0.2, 0.25) is 9.47 Å². The Bertz CT molecular complexity index is 515. The first-order valence-electron chi connectivity index (χ1n) is 6.63. The second-order valence-corrected chi connectivity index (χ2v) is 8.02. The zero-order valence-corrected chi connectivity index (χ0v) is 12.7. The molecule has 2 heterocycles. The van der Waals surface area contributed by atoms with Gasteiger partial charge in [0.05, 0.1) is 0 Å². The van der Waals surface area contributed by atoms with Gasteiger partial charge < -0.3 is 5.73 Å². The van der Waals surface area contributed by atoms with E-state index in [0.717, 1.165) is 37.0 Å². The zero-order valence-electron chi connectivity index (χ0n) is 11.1. The summed E-state index contributed by atoms with van der Waals surface area (Å²) in [5.41, 5.74) is 5.46. The van der Waals surface area contributed by atoms with Crippen LogP contribution < -0.4 is 5.73 Å². The third-order valence-electron chi connectivity index (χ3n) is 3.49. The maximum absolute atomic E-state index is 12.4. The normalized spacial score (nSPS) is 22.3. The van der Waals surface area contributed by atoms with Crippen molar-refractivity contribution in [3.63, 3.8) is 0 Å². The Morgan fingerprint density at radius 1 is 1.37 bits per heavy atom. The number of sulfonamides is 1. The largest absolute Gasteiger partial charge is 0.374 e. The van der Waals surface area contributed by atoms with E-state index in [1.54, 1.807) is 0 Å². The molecule has 108 valence electrons. The van der Waals surface area contributed by atoms with E-state index in [9.17, 15) is 8.42 Å². The highest BCUT2D eigenvalue weighted by Gasteiger charge is 2.30. The molecular weight excluding hydrogens is 284 g/mol. The highest BCUT2D eigenvalue weighted by Crippen LogP contribution is 2.27. The second kappa shape index (κ2) is 6.15. The van der Waals surface area contributed by atoms with Gasteiger partial charge in [0.15, 0.2) is 0 Å². The summed E-state index contributed by atoms with van der Waals surface area (Å²) in [5, 5.41) is 7.44. The molecule has 1 aliphatic rings. The fraction of sp³-hybridized carbons (Fsp3) is 0.818. The molecule has 0 spiro atoms. The van der Waals surface area contributed by atoms with Crippen molar-refractivity contribution in [2.75, 3.05) is 18.8 Å². The molecule has 6 nitrogen and oxygen atoms in total. The molecule has 1 saturated heterocycles. The zero-order chi connectivity index (χ0) is 13.9. The smallest absolute Gasteiger partial charge is 0.272 e. The molecule has 1 atom stereocenters. The average Bonchev–Trinajstić information content (AvgIpc) is 2.66. The quantitative estimate of drug-likeness (QED) is 0.914. The Labute approximate surface area is 118 Å². The standard InChI is InChI=1S/C11H20N4O2S2/c1-2-4-9-5-3-7-15(8-6-9)19(16,17)11-14-13-10(12)18-11/h9H,2-8H2,1H3,(H2,12,13). The van der Waals surface area contributed by atoms with Gasteiger partial charge in [0, 0.05) is 13.1 Å². The Balaban J connectivity index is 2.09. The van der Waals surface area contributed by atoms with E-state index < -0.39 is 10.0 Å². The maximum atomic E-state index is 12.4. The van der Waals surface area contributed by atoms with Crippen LogP contribution in [0.5, 0.6) is 0 Å². The number of nitrogens with zero attached hydrogens (tertiary/aromatic N) is 3. The second-order valence-electron chi connectivity index (χ2n) is 4.90. The van der Waals surface area contributed by atoms with Crippen molar-refractivity contribution in [3.8, 4) is 0 Å². The SMILES string of the molecule is CCCC1CCCN(S(=O)(=O)c2nnc(N)s2)CC1. The first-order valence-corrected chi connectivity index (χ1v) is 8.89. The molecule has 19 heavy (non-hydrogen) atoms. The van der Waals surface area contributed by atoms with Crippen molar-refractivity contribution in [1.82, 2.24) is 14.5 Å². The first-order chi connectivity index (χ1) is 9.04. The van der Waals surface area contributed by atoms with Crippen LogP contribution in [0.1, 0.15) is 39.0 Å². The fourth-order valence-electron chi connectivity index (χ4n) is 2.51. The summed E-state index contributed by atoms with van der Waals surface area (Å²) < 4.78 is 26.3. The lowest BCUT2D eigenvalue weighted by Gasteiger charge is -2.18. The minimum absolute atomic E-state index is 0.0129. The number of hydrogen-bond acceptors (Lipinski definition) is 6. The lowest BCUT2D eigenvalue weighted by molar-refractivity contribution is 0.399. The Kier molecular flexibility index (Phi) is 4.75. The van der Waals surface area contributed by atoms with Gasteiger partial charge in [-0.25, -0.2) is 8.42 Å². The van der Waals surface area contributed by atoms with Crippen molar-refractivity contribution in [1.29, 1.82) is 0 Å². The van der Waals surface area contributed by atoms with Crippen LogP contribution in [0.4, 0.5) is 5.13 Å². The number of nitrogen functional groups attached to an aromatic ring is 1. The summed E-state index contributed by atoms with van der Waals surface area (Å²) in [7, 11) is -3.50. The molecule has 1 aliphatic heterocycles. The van der Waals surface area contributed by atoms with Crippen LogP contribution in [0.15, 0.2) is 4.34 Å². The molecule has 0 aliphatic carbocycles. The predicted molar refractivity (Wildman–Crippen MR) is 75.3 cm³/mol. The third-order valence-corrected chi connectivity index (χ3v) is 6.48. The van der Waals surface area contributed by atoms with Gasteiger partial charge in [0.25, 0.3) is 10.0 Å².